The van der Waals surface area contributed by atoms with E-state index in [0.29, 0.717) is 30.5 Å². The lowest BCUT2D eigenvalue weighted by atomic mass is 9.76. The van der Waals surface area contributed by atoms with Gasteiger partial charge in [-0.05, 0) is 43.9 Å². The van der Waals surface area contributed by atoms with Crippen molar-refractivity contribution in [2.75, 3.05) is 6.54 Å². The minimum absolute atomic E-state index is 0.0211. The molecule has 2 amide bonds. The van der Waals surface area contributed by atoms with Crippen LogP contribution in [0.1, 0.15) is 52.7 Å². The molecule has 0 bridgehead atoms. The van der Waals surface area contributed by atoms with Crippen LogP contribution in [0.4, 0.5) is 8.78 Å². The van der Waals surface area contributed by atoms with E-state index >= 15 is 0 Å². The van der Waals surface area contributed by atoms with Gasteiger partial charge in [-0.3, -0.25) is 14.4 Å². The molecule has 2 aromatic heterocycles. The van der Waals surface area contributed by atoms with Crippen molar-refractivity contribution < 1.29 is 33.0 Å². The highest BCUT2D eigenvalue weighted by molar-refractivity contribution is 5.98. The number of carboxylic acids is 1. The second kappa shape index (κ2) is 10.7. The van der Waals surface area contributed by atoms with Crippen LogP contribution in [-0.2, 0) is 11.3 Å². The van der Waals surface area contributed by atoms with Gasteiger partial charge in [0.05, 0.1) is 11.6 Å². The van der Waals surface area contributed by atoms with E-state index in [0.717, 1.165) is 5.57 Å². The van der Waals surface area contributed by atoms with Gasteiger partial charge in [0.2, 0.25) is 0 Å². The Morgan fingerprint density at radius 1 is 1.16 bits per heavy atom. The van der Waals surface area contributed by atoms with Crippen molar-refractivity contribution in [2.24, 2.45) is 5.41 Å². The predicted octanol–water partition coefficient (Wildman–Crippen LogP) is 3.19. The van der Waals surface area contributed by atoms with Gasteiger partial charge in [0.1, 0.15) is 17.1 Å². The van der Waals surface area contributed by atoms with E-state index in [1.165, 1.54) is 35.0 Å². The first-order valence-electron chi connectivity index (χ1n) is 11.5. The summed E-state index contributed by atoms with van der Waals surface area (Å²) in [6.45, 7) is -0.998. The summed E-state index contributed by atoms with van der Waals surface area (Å²) in [5.41, 5.74) is 1.02. The first-order valence-corrected chi connectivity index (χ1v) is 11.5. The Labute approximate surface area is 210 Å². The van der Waals surface area contributed by atoms with E-state index in [1.54, 1.807) is 19.1 Å². The van der Waals surface area contributed by atoms with Crippen LogP contribution in [0, 0.1) is 5.41 Å². The molecule has 37 heavy (non-hydrogen) atoms. The maximum absolute atomic E-state index is 13.0. The Hall–Kier alpha value is -4.35. The largest absolute Gasteiger partial charge is 0.481 e. The monoisotopic (exact) mass is 513 g/mol. The van der Waals surface area contributed by atoms with Crippen LogP contribution in [0.25, 0.3) is 5.65 Å². The first kappa shape index (κ1) is 25.7. The number of carbonyl (C=O) groups excluding carboxylic acids is 2. The zero-order chi connectivity index (χ0) is 26.6. The molecule has 194 valence electrons. The average molecular weight is 514 g/mol. The predicted molar refractivity (Wildman–Crippen MR) is 127 cm³/mol. The van der Waals surface area contributed by atoms with E-state index < -0.39 is 29.8 Å². The van der Waals surface area contributed by atoms with Crippen molar-refractivity contribution in [1.82, 2.24) is 25.2 Å². The summed E-state index contributed by atoms with van der Waals surface area (Å²) < 4.78 is 30.6. The van der Waals surface area contributed by atoms with Crippen molar-refractivity contribution in [2.45, 2.75) is 39.3 Å². The second-order valence-electron chi connectivity index (χ2n) is 8.95. The highest BCUT2D eigenvalue weighted by atomic mass is 19.3. The molecule has 12 heteroatoms. The van der Waals surface area contributed by atoms with Crippen LogP contribution in [0.15, 0.2) is 54.2 Å². The molecule has 0 aliphatic heterocycles. The number of fused-ring (bicyclic) bond motifs is 1. The minimum Gasteiger partial charge on any atom is -0.481 e. The van der Waals surface area contributed by atoms with Crippen molar-refractivity contribution in [1.29, 1.82) is 0 Å². The number of amides is 2. The van der Waals surface area contributed by atoms with Gasteiger partial charge in [-0.15, -0.1) is 0 Å². The van der Waals surface area contributed by atoms with E-state index in [-0.39, 0.29) is 30.2 Å². The zero-order valence-electron chi connectivity index (χ0n) is 19.9. The number of allylic oxidation sites excluding steroid dienone is 1. The molecule has 1 aromatic carbocycles. The van der Waals surface area contributed by atoms with Gasteiger partial charge in [0, 0.05) is 25.2 Å². The number of aliphatic carboxylic acids is 1. The molecular formula is C25H25F2N5O5. The normalized spacial score (nSPS) is 17.4. The smallest absolute Gasteiger partial charge is 0.387 e. The molecule has 1 unspecified atom stereocenters. The van der Waals surface area contributed by atoms with Gasteiger partial charge in [-0.25, -0.2) is 9.50 Å². The number of hydrogen-bond acceptors (Lipinski definition) is 6. The molecule has 4 rings (SSSR count). The lowest BCUT2D eigenvalue weighted by molar-refractivity contribution is -0.148. The molecule has 0 fully saturated rings. The summed E-state index contributed by atoms with van der Waals surface area (Å²) in [6.07, 6.45) is 4.70. The molecule has 0 spiro atoms. The van der Waals surface area contributed by atoms with Crippen molar-refractivity contribution in [3.8, 4) is 5.75 Å². The fourth-order valence-corrected chi connectivity index (χ4v) is 3.94. The first-order chi connectivity index (χ1) is 17.6. The number of aromatic nitrogens is 3. The molecule has 10 nitrogen and oxygen atoms in total. The van der Waals surface area contributed by atoms with Crippen LogP contribution in [-0.4, -0.2) is 50.6 Å². The second-order valence-corrected chi connectivity index (χ2v) is 8.95. The lowest BCUT2D eigenvalue weighted by Crippen LogP contribution is -2.33. The average Bonchev–Trinajstić information content (AvgIpc) is 3.35. The summed E-state index contributed by atoms with van der Waals surface area (Å²) in [6, 6.07) is 8.81. The molecule has 1 atom stereocenters. The Morgan fingerprint density at radius 2 is 1.95 bits per heavy atom. The van der Waals surface area contributed by atoms with Crippen LogP contribution in [0.5, 0.6) is 5.75 Å². The lowest BCUT2D eigenvalue weighted by Gasteiger charge is -2.28. The quantitative estimate of drug-likeness (QED) is 0.374. The number of hydrogen-bond donors (Lipinski definition) is 3. The minimum atomic E-state index is -2.96. The standard InChI is InChI=1S/C25H25F2N5O5/c1-25(23(35)36)8-5-15(6-9-25)13-29-22(34)19-12-18(31-20-7-10-30-32(19)20)21(33)28-14-16-3-2-4-17(11-16)37-24(26)27/h2-5,7,10-12,24H,6,8-9,13-14H2,1H3,(H,28,33)(H,29,34)(H,35,36). The van der Waals surface area contributed by atoms with Crippen molar-refractivity contribution >= 4 is 23.4 Å². The Bertz CT molecular complexity index is 1370. The third kappa shape index (κ3) is 6.08. The molecule has 1 aliphatic carbocycles. The number of benzene rings is 1. The van der Waals surface area contributed by atoms with Gasteiger partial charge in [-0.2, -0.15) is 13.9 Å². The van der Waals surface area contributed by atoms with Crippen molar-refractivity contribution in [3.05, 3.63) is 71.2 Å². The number of alkyl halides is 2. The number of ether oxygens (including phenoxy) is 1. The van der Waals surface area contributed by atoms with Gasteiger partial charge >= 0.3 is 12.6 Å². The number of carboxylic acid groups (broad SMARTS) is 1. The number of nitrogens with one attached hydrogen (secondary N) is 2. The van der Waals surface area contributed by atoms with E-state index in [9.17, 15) is 28.3 Å². The molecule has 2 heterocycles. The highest BCUT2D eigenvalue weighted by Crippen LogP contribution is 2.35. The SMILES string of the molecule is CC1(C(=O)O)CC=C(CNC(=O)c2cc(C(=O)NCc3cccc(OC(F)F)c3)nc3ccnn23)CC1. The molecule has 0 saturated carbocycles. The Morgan fingerprint density at radius 3 is 2.65 bits per heavy atom. The molecule has 1 aliphatic rings. The zero-order valence-corrected chi connectivity index (χ0v) is 19.9. The molecule has 3 N–H and O–H groups in total. The summed E-state index contributed by atoms with van der Waals surface area (Å²) in [7, 11) is 0. The molecule has 0 radical (unpaired) electrons. The maximum Gasteiger partial charge on any atom is 0.387 e. The summed E-state index contributed by atoms with van der Waals surface area (Å²) in [5.74, 6) is -1.92. The molecule has 0 saturated heterocycles. The van der Waals surface area contributed by atoms with Crippen LogP contribution in [0.3, 0.4) is 0 Å². The number of carbonyl (C=O) groups is 3. The number of rotatable bonds is 9. The maximum atomic E-state index is 13.0. The van der Waals surface area contributed by atoms with E-state index in [4.69, 9.17) is 0 Å². The van der Waals surface area contributed by atoms with Crippen LogP contribution < -0.4 is 15.4 Å². The highest BCUT2D eigenvalue weighted by Gasteiger charge is 2.34. The number of halogens is 2. The Kier molecular flexibility index (Phi) is 7.46. The van der Waals surface area contributed by atoms with Gasteiger partial charge in [0.25, 0.3) is 11.8 Å². The molecular weight excluding hydrogens is 488 g/mol. The Balaban J connectivity index is 1.44. The molecule has 3 aromatic rings. The van der Waals surface area contributed by atoms with E-state index in [1.807, 2.05) is 6.08 Å². The summed E-state index contributed by atoms with van der Waals surface area (Å²) in [4.78, 5) is 41.5. The van der Waals surface area contributed by atoms with Gasteiger partial charge in [-0.1, -0.05) is 23.8 Å². The van der Waals surface area contributed by atoms with Gasteiger partial charge < -0.3 is 20.5 Å². The van der Waals surface area contributed by atoms with Crippen molar-refractivity contribution in [3.63, 3.8) is 0 Å². The number of nitrogens with zero attached hydrogens (tertiary/aromatic N) is 3. The van der Waals surface area contributed by atoms with E-state index in [2.05, 4.69) is 25.5 Å². The third-order valence-electron chi connectivity index (χ3n) is 6.23. The van der Waals surface area contributed by atoms with Crippen LogP contribution >= 0.6 is 0 Å². The fourth-order valence-electron chi connectivity index (χ4n) is 3.94. The van der Waals surface area contributed by atoms with Gasteiger partial charge in [0.15, 0.2) is 5.65 Å². The van der Waals surface area contributed by atoms with Crippen LogP contribution in [0.2, 0.25) is 0 Å². The summed E-state index contributed by atoms with van der Waals surface area (Å²) >= 11 is 0. The fraction of sp³-hybridized carbons (Fsp3) is 0.320. The third-order valence-corrected chi connectivity index (χ3v) is 6.23. The topological polar surface area (TPSA) is 135 Å². The summed E-state index contributed by atoms with van der Waals surface area (Å²) in [5, 5.41) is 18.9.